The van der Waals surface area contributed by atoms with Gasteiger partial charge in [-0.2, -0.15) is 0 Å². The van der Waals surface area contributed by atoms with Gasteiger partial charge in [0.15, 0.2) is 0 Å². The molecule has 162 valence electrons. The monoisotopic (exact) mass is 431 g/mol. The number of carbonyl (C=O) groups excluding carboxylic acids is 2. The van der Waals surface area contributed by atoms with Crippen LogP contribution in [0, 0.1) is 0 Å². The molecule has 0 aliphatic heterocycles. The smallest absolute Gasteiger partial charge is 0.251 e. The van der Waals surface area contributed by atoms with Crippen LogP contribution in [0.25, 0.3) is 0 Å². The van der Waals surface area contributed by atoms with E-state index in [0.29, 0.717) is 16.7 Å². The van der Waals surface area contributed by atoms with Crippen molar-refractivity contribution in [1.82, 2.24) is 15.4 Å². The molecular formula is C22H29N3O4S. The molecule has 0 radical (unpaired) electrons. The number of nitrogens with one attached hydrogen (secondary N) is 3. The third-order valence-electron chi connectivity index (χ3n) is 4.67. The molecule has 30 heavy (non-hydrogen) atoms. The molecular weight excluding hydrogens is 402 g/mol. The van der Waals surface area contributed by atoms with Crippen LogP contribution in [0.2, 0.25) is 0 Å². The molecule has 2 amide bonds. The highest BCUT2D eigenvalue weighted by molar-refractivity contribution is 7.88. The maximum Gasteiger partial charge on any atom is 0.251 e. The summed E-state index contributed by atoms with van der Waals surface area (Å²) >= 11 is 0. The highest BCUT2D eigenvalue weighted by atomic mass is 32.2. The molecule has 0 aromatic heterocycles. The van der Waals surface area contributed by atoms with Crippen molar-refractivity contribution in [2.45, 2.75) is 38.5 Å². The first-order valence-corrected chi connectivity index (χ1v) is 11.3. The quantitative estimate of drug-likeness (QED) is 0.595. The fourth-order valence-electron chi connectivity index (χ4n) is 2.79. The predicted molar refractivity (Wildman–Crippen MR) is 117 cm³/mol. The van der Waals surface area contributed by atoms with Crippen molar-refractivity contribution in [2.24, 2.45) is 0 Å². The van der Waals surface area contributed by atoms with E-state index in [2.05, 4.69) is 36.1 Å². The van der Waals surface area contributed by atoms with Gasteiger partial charge in [-0.1, -0.05) is 57.2 Å². The van der Waals surface area contributed by atoms with E-state index < -0.39 is 10.0 Å². The summed E-state index contributed by atoms with van der Waals surface area (Å²) in [4.78, 5) is 24.4. The Hall–Kier alpha value is -2.71. The van der Waals surface area contributed by atoms with Crippen LogP contribution in [0.1, 0.15) is 47.8 Å². The number of benzene rings is 2. The number of sulfonamides is 1. The van der Waals surface area contributed by atoms with Crippen LogP contribution in [0.3, 0.4) is 0 Å². The Morgan fingerprint density at radius 1 is 0.900 bits per heavy atom. The maximum absolute atomic E-state index is 12.3. The Morgan fingerprint density at radius 3 is 2.07 bits per heavy atom. The Balaban J connectivity index is 1.89. The van der Waals surface area contributed by atoms with Gasteiger partial charge >= 0.3 is 0 Å². The van der Waals surface area contributed by atoms with Crippen molar-refractivity contribution < 1.29 is 18.0 Å². The summed E-state index contributed by atoms with van der Waals surface area (Å²) in [5.74, 6) is -0.858. The molecule has 0 unspecified atom stereocenters. The van der Waals surface area contributed by atoms with Gasteiger partial charge in [-0.15, -0.1) is 0 Å². The first-order chi connectivity index (χ1) is 14.0. The summed E-state index contributed by atoms with van der Waals surface area (Å²) in [6.07, 6.45) is 0. The minimum atomic E-state index is -3.42. The van der Waals surface area contributed by atoms with Crippen molar-refractivity contribution in [3.05, 3.63) is 70.8 Å². The average Bonchev–Trinajstić information content (AvgIpc) is 2.70. The molecule has 3 N–H and O–H groups in total. The summed E-state index contributed by atoms with van der Waals surface area (Å²) < 4.78 is 25.9. The van der Waals surface area contributed by atoms with Gasteiger partial charge in [-0.3, -0.25) is 9.59 Å². The van der Waals surface area contributed by atoms with Crippen molar-refractivity contribution in [3.63, 3.8) is 0 Å². The lowest BCUT2D eigenvalue weighted by Crippen LogP contribution is -2.36. The molecule has 0 bridgehead atoms. The number of rotatable bonds is 8. The van der Waals surface area contributed by atoms with Crippen LogP contribution >= 0.6 is 0 Å². The summed E-state index contributed by atoms with van der Waals surface area (Å²) in [6, 6.07) is 14.3. The van der Waals surface area contributed by atoms with Gasteiger partial charge in [-0.05, 0) is 41.3 Å². The molecule has 2 aromatic carbocycles. The zero-order valence-electron chi connectivity index (χ0n) is 17.8. The molecule has 0 spiro atoms. The second-order valence-electron chi connectivity index (χ2n) is 8.02. The van der Waals surface area contributed by atoms with Gasteiger partial charge in [0.05, 0.1) is 12.3 Å². The number of hydrogen-bond acceptors (Lipinski definition) is 4. The Labute approximate surface area is 178 Å². The number of carbonyl (C=O) groups is 2. The van der Waals surface area contributed by atoms with Gasteiger partial charge in [0.25, 0.3) is 5.91 Å². The summed E-state index contributed by atoms with van der Waals surface area (Å²) in [5.41, 5.74) is 2.91. The van der Waals surface area contributed by atoms with Crippen LogP contribution in [0.5, 0.6) is 0 Å². The molecule has 0 saturated carbocycles. The number of hydrogen-bond donors (Lipinski definition) is 3. The van der Waals surface area contributed by atoms with Crippen molar-refractivity contribution in [2.75, 3.05) is 13.6 Å². The summed E-state index contributed by atoms with van der Waals surface area (Å²) in [7, 11) is -2.06. The SMILES string of the molecule is CNS(=O)(=O)Cc1ccccc1CNC(=O)CNC(=O)c1ccc(C(C)(C)C)cc1. The molecule has 2 rings (SSSR count). The molecule has 8 heteroatoms. The lowest BCUT2D eigenvalue weighted by molar-refractivity contribution is -0.120. The van der Waals surface area contributed by atoms with Gasteiger partial charge in [-0.25, -0.2) is 13.1 Å². The molecule has 0 aliphatic carbocycles. The van der Waals surface area contributed by atoms with Gasteiger partial charge in [0.1, 0.15) is 0 Å². The zero-order valence-corrected chi connectivity index (χ0v) is 18.6. The molecule has 0 fully saturated rings. The van der Waals surface area contributed by atoms with E-state index in [1.165, 1.54) is 7.05 Å². The fraction of sp³-hybridized carbons (Fsp3) is 0.364. The van der Waals surface area contributed by atoms with E-state index in [1.54, 1.807) is 36.4 Å². The predicted octanol–water partition coefficient (Wildman–Crippen LogP) is 2.08. The maximum atomic E-state index is 12.3. The average molecular weight is 432 g/mol. The second kappa shape index (κ2) is 9.86. The molecule has 0 atom stereocenters. The van der Waals surface area contributed by atoms with Gasteiger partial charge < -0.3 is 10.6 Å². The van der Waals surface area contributed by atoms with Gasteiger partial charge in [0.2, 0.25) is 15.9 Å². The van der Waals surface area contributed by atoms with Gasteiger partial charge in [0, 0.05) is 12.1 Å². The van der Waals surface area contributed by atoms with Crippen molar-refractivity contribution in [1.29, 1.82) is 0 Å². The molecule has 0 heterocycles. The fourth-order valence-corrected chi connectivity index (χ4v) is 3.62. The van der Waals surface area contributed by atoms with E-state index in [-0.39, 0.29) is 36.1 Å². The Bertz CT molecular complexity index is 994. The van der Waals surface area contributed by atoms with Crippen LogP contribution in [0.4, 0.5) is 0 Å². The third kappa shape index (κ3) is 6.96. The van der Waals surface area contributed by atoms with Crippen molar-refractivity contribution >= 4 is 21.8 Å². The summed E-state index contributed by atoms with van der Waals surface area (Å²) in [6.45, 7) is 6.29. The second-order valence-corrected chi connectivity index (χ2v) is 9.95. The van der Waals surface area contributed by atoms with Crippen molar-refractivity contribution in [3.8, 4) is 0 Å². The minimum Gasteiger partial charge on any atom is -0.350 e. The molecule has 2 aromatic rings. The van der Waals surface area contributed by atoms with E-state index >= 15 is 0 Å². The highest BCUT2D eigenvalue weighted by Gasteiger charge is 2.15. The van der Waals surface area contributed by atoms with Crippen LogP contribution in [-0.4, -0.2) is 33.8 Å². The third-order valence-corrected chi connectivity index (χ3v) is 5.99. The topological polar surface area (TPSA) is 104 Å². The number of amides is 2. The Morgan fingerprint density at radius 2 is 1.50 bits per heavy atom. The van der Waals surface area contributed by atoms with Crippen LogP contribution < -0.4 is 15.4 Å². The van der Waals surface area contributed by atoms with E-state index in [9.17, 15) is 18.0 Å². The van der Waals surface area contributed by atoms with Crippen LogP contribution in [0.15, 0.2) is 48.5 Å². The van der Waals surface area contributed by atoms with E-state index in [0.717, 1.165) is 5.56 Å². The highest BCUT2D eigenvalue weighted by Crippen LogP contribution is 2.22. The first kappa shape index (κ1) is 23.6. The first-order valence-electron chi connectivity index (χ1n) is 9.65. The van der Waals surface area contributed by atoms with Crippen LogP contribution in [-0.2, 0) is 32.5 Å². The normalized spacial score (nSPS) is 11.7. The largest absolute Gasteiger partial charge is 0.350 e. The molecule has 0 aliphatic rings. The zero-order chi connectivity index (χ0) is 22.4. The molecule has 7 nitrogen and oxygen atoms in total. The Kier molecular flexibility index (Phi) is 7.75. The minimum absolute atomic E-state index is 0.00227. The standard InChI is InChI=1S/C22H29N3O4S/c1-22(2,3)19-11-9-16(10-12-19)21(27)25-14-20(26)24-13-17-7-5-6-8-18(17)15-30(28,29)23-4/h5-12,23H,13-15H2,1-4H3,(H,24,26)(H,25,27). The summed E-state index contributed by atoms with van der Waals surface area (Å²) in [5, 5.41) is 5.31. The lowest BCUT2D eigenvalue weighted by atomic mass is 9.87. The van der Waals surface area contributed by atoms with E-state index in [1.807, 2.05) is 12.1 Å². The molecule has 0 saturated heterocycles. The lowest BCUT2D eigenvalue weighted by Gasteiger charge is -2.19. The van der Waals surface area contributed by atoms with E-state index in [4.69, 9.17) is 0 Å².